The van der Waals surface area contributed by atoms with Gasteiger partial charge in [0.15, 0.2) is 11.5 Å². The summed E-state index contributed by atoms with van der Waals surface area (Å²) >= 11 is 0. The Morgan fingerprint density at radius 2 is 1.71 bits per heavy atom. The van der Waals surface area contributed by atoms with Crippen molar-refractivity contribution >= 4 is 18.3 Å². The van der Waals surface area contributed by atoms with Crippen LogP contribution in [0, 0.1) is 0 Å². The van der Waals surface area contributed by atoms with E-state index in [0.29, 0.717) is 42.6 Å². The van der Waals surface area contributed by atoms with Gasteiger partial charge in [0.25, 0.3) is 5.91 Å². The van der Waals surface area contributed by atoms with Crippen molar-refractivity contribution in [2.75, 3.05) is 32.9 Å². The van der Waals surface area contributed by atoms with E-state index in [1.165, 1.54) is 0 Å². The minimum absolute atomic E-state index is 0. The summed E-state index contributed by atoms with van der Waals surface area (Å²) in [5.41, 5.74) is 0.521. The Balaban J connectivity index is 0.00000288. The highest BCUT2D eigenvalue weighted by molar-refractivity contribution is 5.95. The minimum Gasteiger partial charge on any atom is -0.490 e. The van der Waals surface area contributed by atoms with Crippen LogP contribution in [0.1, 0.15) is 37.6 Å². The van der Waals surface area contributed by atoms with Crippen molar-refractivity contribution in [3.8, 4) is 17.2 Å². The Bertz CT molecular complexity index is 506. The maximum absolute atomic E-state index is 12.5. The smallest absolute Gasteiger partial charge is 0.251 e. The predicted molar refractivity (Wildman–Crippen MR) is 95.9 cm³/mol. The van der Waals surface area contributed by atoms with Crippen LogP contribution >= 0.6 is 12.4 Å². The average molecular weight is 359 g/mol. The maximum atomic E-state index is 12.5. The largest absolute Gasteiger partial charge is 0.490 e. The van der Waals surface area contributed by atoms with Crippen LogP contribution in [-0.4, -0.2) is 44.9 Å². The summed E-state index contributed by atoms with van der Waals surface area (Å²) in [6, 6.07) is 3.60. The summed E-state index contributed by atoms with van der Waals surface area (Å²) in [4.78, 5) is 12.5. The van der Waals surface area contributed by atoms with Crippen LogP contribution < -0.4 is 24.8 Å². The molecule has 1 heterocycles. The number of rotatable bonds is 8. The quantitative estimate of drug-likeness (QED) is 0.746. The van der Waals surface area contributed by atoms with Gasteiger partial charge in [0, 0.05) is 18.2 Å². The fourth-order valence-corrected chi connectivity index (χ4v) is 2.57. The molecule has 2 N–H and O–H groups in total. The Kier molecular flexibility index (Phi) is 8.71. The fourth-order valence-electron chi connectivity index (χ4n) is 2.57. The molecule has 0 aromatic heterocycles. The van der Waals surface area contributed by atoms with Gasteiger partial charge < -0.3 is 24.8 Å². The lowest BCUT2D eigenvalue weighted by molar-refractivity contribution is 0.0939. The standard InChI is InChI=1S/C17H26N2O4.ClH/c1-4-21-14-9-12(17(20)19-13-7-8-18-11-13)10-15(22-5-2)16(14)23-6-3;/h9-10,13,18H,4-8,11H2,1-3H3,(H,19,20);1H. The lowest BCUT2D eigenvalue weighted by Gasteiger charge is -2.18. The number of hydrogen-bond donors (Lipinski definition) is 2. The molecule has 1 atom stereocenters. The Morgan fingerprint density at radius 1 is 1.12 bits per heavy atom. The second kappa shape index (κ2) is 10.3. The van der Waals surface area contributed by atoms with Crippen molar-refractivity contribution in [2.24, 2.45) is 0 Å². The molecule has 24 heavy (non-hydrogen) atoms. The average Bonchev–Trinajstić information content (AvgIpc) is 3.03. The third-order valence-corrected chi connectivity index (χ3v) is 3.57. The van der Waals surface area contributed by atoms with E-state index in [9.17, 15) is 4.79 Å². The molecule has 1 fully saturated rings. The predicted octanol–water partition coefficient (Wildman–Crippen LogP) is 2.40. The van der Waals surface area contributed by atoms with Gasteiger partial charge in [-0.2, -0.15) is 0 Å². The van der Waals surface area contributed by atoms with Crippen molar-refractivity contribution in [1.29, 1.82) is 0 Å². The molecule has 2 rings (SSSR count). The van der Waals surface area contributed by atoms with Gasteiger partial charge in [-0.05, 0) is 45.9 Å². The first kappa shape index (κ1) is 20.4. The molecular formula is C17H27ClN2O4. The summed E-state index contributed by atoms with van der Waals surface area (Å²) in [6.07, 6.45) is 0.944. The Labute approximate surface area is 149 Å². The van der Waals surface area contributed by atoms with Crippen LogP contribution in [0.2, 0.25) is 0 Å². The van der Waals surface area contributed by atoms with Gasteiger partial charge in [0.05, 0.1) is 19.8 Å². The van der Waals surface area contributed by atoms with E-state index in [2.05, 4.69) is 10.6 Å². The molecule has 0 bridgehead atoms. The highest BCUT2D eigenvalue weighted by Gasteiger charge is 2.21. The Hall–Kier alpha value is -1.66. The SMILES string of the molecule is CCOc1cc(C(=O)NC2CCNC2)cc(OCC)c1OCC.Cl. The van der Waals surface area contributed by atoms with E-state index < -0.39 is 0 Å². The molecule has 1 aliphatic rings. The third kappa shape index (κ3) is 5.18. The number of carbonyl (C=O) groups is 1. The van der Waals surface area contributed by atoms with Crippen molar-refractivity contribution in [3.05, 3.63) is 17.7 Å². The van der Waals surface area contributed by atoms with Gasteiger partial charge in [0.1, 0.15) is 0 Å². The first-order valence-corrected chi connectivity index (χ1v) is 8.27. The molecular weight excluding hydrogens is 332 g/mol. The molecule has 1 aromatic carbocycles. The zero-order valence-electron chi connectivity index (χ0n) is 14.5. The number of hydrogen-bond acceptors (Lipinski definition) is 5. The van der Waals surface area contributed by atoms with Gasteiger partial charge >= 0.3 is 0 Å². The summed E-state index contributed by atoms with van der Waals surface area (Å²) < 4.78 is 16.9. The maximum Gasteiger partial charge on any atom is 0.251 e. The van der Waals surface area contributed by atoms with Gasteiger partial charge in [-0.15, -0.1) is 12.4 Å². The zero-order chi connectivity index (χ0) is 16.7. The van der Waals surface area contributed by atoms with E-state index in [1.54, 1.807) is 12.1 Å². The van der Waals surface area contributed by atoms with Crippen molar-refractivity contribution in [3.63, 3.8) is 0 Å². The summed E-state index contributed by atoms with van der Waals surface area (Å²) in [6.45, 7) is 8.91. The number of ether oxygens (including phenoxy) is 3. The third-order valence-electron chi connectivity index (χ3n) is 3.57. The van der Waals surface area contributed by atoms with Crippen molar-refractivity contribution < 1.29 is 19.0 Å². The fraction of sp³-hybridized carbons (Fsp3) is 0.588. The van der Waals surface area contributed by atoms with Gasteiger partial charge in [-0.25, -0.2) is 0 Å². The number of halogens is 1. The molecule has 0 spiro atoms. The van der Waals surface area contributed by atoms with E-state index in [1.807, 2.05) is 20.8 Å². The summed E-state index contributed by atoms with van der Waals surface area (Å²) in [5.74, 6) is 1.50. The molecule has 1 unspecified atom stereocenters. The molecule has 6 nitrogen and oxygen atoms in total. The van der Waals surface area contributed by atoms with Crippen molar-refractivity contribution in [2.45, 2.75) is 33.2 Å². The minimum atomic E-state index is -0.122. The van der Waals surface area contributed by atoms with Crippen LogP contribution in [0.15, 0.2) is 12.1 Å². The van der Waals surface area contributed by atoms with Crippen molar-refractivity contribution in [1.82, 2.24) is 10.6 Å². The molecule has 7 heteroatoms. The zero-order valence-corrected chi connectivity index (χ0v) is 15.3. The van der Waals surface area contributed by atoms with Crippen LogP contribution in [0.4, 0.5) is 0 Å². The monoisotopic (exact) mass is 358 g/mol. The van der Waals surface area contributed by atoms with E-state index >= 15 is 0 Å². The first-order valence-electron chi connectivity index (χ1n) is 8.27. The highest BCUT2D eigenvalue weighted by Crippen LogP contribution is 2.39. The molecule has 0 aliphatic carbocycles. The molecule has 1 amide bonds. The van der Waals surface area contributed by atoms with E-state index in [4.69, 9.17) is 14.2 Å². The summed E-state index contributed by atoms with van der Waals surface area (Å²) in [7, 11) is 0. The lowest BCUT2D eigenvalue weighted by Crippen LogP contribution is -2.36. The molecule has 136 valence electrons. The molecule has 1 saturated heterocycles. The molecule has 0 saturated carbocycles. The molecule has 0 radical (unpaired) electrons. The van der Waals surface area contributed by atoms with Crippen LogP contribution in [0.25, 0.3) is 0 Å². The van der Waals surface area contributed by atoms with Gasteiger partial charge in [0.2, 0.25) is 5.75 Å². The number of amides is 1. The summed E-state index contributed by atoms with van der Waals surface area (Å²) in [5, 5.41) is 6.27. The van der Waals surface area contributed by atoms with E-state index in [0.717, 1.165) is 19.5 Å². The molecule has 1 aliphatic heterocycles. The second-order valence-electron chi connectivity index (χ2n) is 5.26. The number of nitrogens with one attached hydrogen (secondary N) is 2. The van der Waals surface area contributed by atoms with Crippen LogP contribution in [0.5, 0.6) is 17.2 Å². The van der Waals surface area contributed by atoms with E-state index in [-0.39, 0.29) is 24.4 Å². The number of benzene rings is 1. The van der Waals surface area contributed by atoms with Crippen LogP contribution in [0.3, 0.4) is 0 Å². The Morgan fingerprint density at radius 3 is 2.17 bits per heavy atom. The number of carbonyl (C=O) groups excluding carboxylic acids is 1. The lowest BCUT2D eigenvalue weighted by atomic mass is 10.1. The normalized spacial score (nSPS) is 16.2. The topological polar surface area (TPSA) is 68.8 Å². The highest BCUT2D eigenvalue weighted by atomic mass is 35.5. The first-order chi connectivity index (χ1) is 11.2. The second-order valence-corrected chi connectivity index (χ2v) is 5.26. The van der Waals surface area contributed by atoms with Gasteiger partial charge in [-0.1, -0.05) is 0 Å². The van der Waals surface area contributed by atoms with Gasteiger partial charge in [-0.3, -0.25) is 4.79 Å². The van der Waals surface area contributed by atoms with Crippen LogP contribution in [-0.2, 0) is 0 Å². The molecule has 1 aromatic rings.